The first-order valence-corrected chi connectivity index (χ1v) is 5.61. The van der Waals surface area contributed by atoms with Crippen LogP contribution < -0.4 is 5.73 Å². The van der Waals surface area contributed by atoms with Crippen molar-refractivity contribution in [1.82, 2.24) is 9.55 Å². The van der Waals surface area contributed by atoms with Crippen LogP contribution in [-0.4, -0.2) is 9.55 Å². The van der Waals surface area contributed by atoms with E-state index in [2.05, 4.69) is 9.55 Å². The second-order valence-electron chi connectivity index (χ2n) is 3.79. The number of nitrogen functional groups attached to an aromatic ring is 1. The molecule has 2 N–H and O–H groups in total. The van der Waals surface area contributed by atoms with Gasteiger partial charge in [-0.15, -0.1) is 0 Å². The maximum Gasteiger partial charge on any atom is 0.132 e. The SMILES string of the molecule is Nc1nccc2c1ccn2-c1ccc(Cl)cc1. The molecule has 4 heteroatoms. The van der Waals surface area contributed by atoms with Gasteiger partial charge in [-0.2, -0.15) is 0 Å². The van der Waals surface area contributed by atoms with Crippen molar-refractivity contribution in [3.63, 3.8) is 0 Å². The lowest BCUT2D eigenvalue weighted by Crippen LogP contribution is -1.93. The van der Waals surface area contributed by atoms with Gasteiger partial charge in [0.1, 0.15) is 5.82 Å². The zero-order chi connectivity index (χ0) is 11.8. The van der Waals surface area contributed by atoms with Gasteiger partial charge in [-0.05, 0) is 36.4 Å². The average Bonchev–Trinajstić information content (AvgIpc) is 2.75. The first-order valence-electron chi connectivity index (χ1n) is 5.23. The molecule has 0 amide bonds. The van der Waals surface area contributed by atoms with Gasteiger partial charge in [0.15, 0.2) is 0 Å². The predicted molar refractivity (Wildman–Crippen MR) is 70.5 cm³/mol. The molecule has 1 aromatic carbocycles. The molecule has 3 rings (SSSR count). The van der Waals surface area contributed by atoms with Crippen LogP contribution in [0.2, 0.25) is 5.02 Å². The van der Waals surface area contributed by atoms with E-state index in [1.54, 1.807) is 6.20 Å². The Hall–Kier alpha value is -2.00. The summed E-state index contributed by atoms with van der Waals surface area (Å²) in [6.07, 6.45) is 3.69. The molecule has 0 aliphatic rings. The van der Waals surface area contributed by atoms with E-state index in [1.807, 2.05) is 42.6 Å². The summed E-state index contributed by atoms with van der Waals surface area (Å²) in [6, 6.07) is 11.6. The molecule has 0 bridgehead atoms. The molecule has 0 fully saturated rings. The number of benzene rings is 1. The second kappa shape index (κ2) is 3.79. The third kappa shape index (κ3) is 1.65. The van der Waals surface area contributed by atoms with Crippen LogP contribution in [0.1, 0.15) is 0 Å². The number of nitrogens with zero attached hydrogens (tertiary/aromatic N) is 2. The van der Waals surface area contributed by atoms with Gasteiger partial charge >= 0.3 is 0 Å². The standard InChI is InChI=1S/C13H10ClN3/c14-9-1-3-10(4-2-9)17-8-6-11-12(17)5-7-16-13(11)15/h1-8H,(H2,15,16). The van der Waals surface area contributed by atoms with Gasteiger partial charge in [-0.1, -0.05) is 11.6 Å². The van der Waals surface area contributed by atoms with Crippen molar-refractivity contribution in [2.45, 2.75) is 0 Å². The Labute approximate surface area is 103 Å². The van der Waals surface area contributed by atoms with E-state index >= 15 is 0 Å². The zero-order valence-corrected chi connectivity index (χ0v) is 9.72. The molecule has 0 radical (unpaired) electrons. The van der Waals surface area contributed by atoms with E-state index in [9.17, 15) is 0 Å². The lowest BCUT2D eigenvalue weighted by atomic mass is 10.3. The summed E-state index contributed by atoms with van der Waals surface area (Å²) in [6.45, 7) is 0. The Morgan fingerprint density at radius 3 is 2.59 bits per heavy atom. The number of fused-ring (bicyclic) bond motifs is 1. The minimum Gasteiger partial charge on any atom is -0.383 e. The Kier molecular flexibility index (Phi) is 2.27. The lowest BCUT2D eigenvalue weighted by molar-refractivity contribution is 1.13. The van der Waals surface area contributed by atoms with Gasteiger partial charge in [0.05, 0.1) is 5.52 Å². The summed E-state index contributed by atoms with van der Waals surface area (Å²) >= 11 is 5.88. The number of pyridine rings is 1. The highest BCUT2D eigenvalue weighted by atomic mass is 35.5. The van der Waals surface area contributed by atoms with Crippen LogP contribution in [-0.2, 0) is 0 Å². The average molecular weight is 244 g/mol. The van der Waals surface area contributed by atoms with Crippen molar-refractivity contribution >= 4 is 28.3 Å². The number of nitrogens with two attached hydrogens (primary N) is 1. The summed E-state index contributed by atoms with van der Waals surface area (Å²) in [7, 11) is 0. The monoisotopic (exact) mass is 243 g/mol. The maximum absolute atomic E-state index is 5.88. The number of anilines is 1. The quantitative estimate of drug-likeness (QED) is 0.713. The maximum atomic E-state index is 5.88. The zero-order valence-electron chi connectivity index (χ0n) is 8.97. The van der Waals surface area contributed by atoms with Crippen molar-refractivity contribution in [2.24, 2.45) is 0 Å². The first kappa shape index (κ1) is 10.2. The van der Waals surface area contributed by atoms with Crippen LogP contribution in [0.5, 0.6) is 0 Å². The van der Waals surface area contributed by atoms with Crippen LogP contribution in [0.25, 0.3) is 16.6 Å². The van der Waals surface area contributed by atoms with Crippen molar-refractivity contribution in [2.75, 3.05) is 5.73 Å². The van der Waals surface area contributed by atoms with Crippen LogP contribution in [0.4, 0.5) is 5.82 Å². The molecule has 0 aliphatic carbocycles. The van der Waals surface area contributed by atoms with Crippen LogP contribution in [0, 0.1) is 0 Å². The van der Waals surface area contributed by atoms with Gasteiger partial charge in [0, 0.05) is 28.5 Å². The molecular weight excluding hydrogens is 234 g/mol. The van der Waals surface area contributed by atoms with Gasteiger partial charge < -0.3 is 10.3 Å². The Morgan fingerprint density at radius 2 is 1.82 bits per heavy atom. The largest absolute Gasteiger partial charge is 0.383 e. The van der Waals surface area contributed by atoms with Crippen molar-refractivity contribution in [1.29, 1.82) is 0 Å². The molecule has 0 atom stereocenters. The summed E-state index contributed by atoms with van der Waals surface area (Å²) < 4.78 is 2.06. The summed E-state index contributed by atoms with van der Waals surface area (Å²) in [5.74, 6) is 0.551. The fourth-order valence-corrected chi connectivity index (χ4v) is 2.04. The normalized spacial score (nSPS) is 10.9. The highest BCUT2D eigenvalue weighted by Crippen LogP contribution is 2.24. The van der Waals surface area contributed by atoms with Gasteiger partial charge in [-0.25, -0.2) is 4.98 Å². The number of hydrogen-bond donors (Lipinski definition) is 1. The number of halogens is 1. The Morgan fingerprint density at radius 1 is 1.06 bits per heavy atom. The van der Waals surface area contributed by atoms with E-state index in [0.717, 1.165) is 21.6 Å². The predicted octanol–water partition coefficient (Wildman–Crippen LogP) is 3.26. The molecule has 17 heavy (non-hydrogen) atoms. The molecule has 0 aliphatic heterocycles. The molecule has 84 valence electrons. The van der Waals surface area contributed by atoms with E-state index in [1.165, 1.54) is 0 Å². The van der Waals surface area contributed by atoms with Crippen LogP contribution >= 0.6 is 11.6 Å². The highest BCUT2D eigenvalue weighted by Gasteiger charge is 2.05. The van der Waals surface area contributed by atoms with Gasteiger partial charge in [-0.3, -0.25) is 0 Å². The van der Waals surface area contributed by atoms with Gasteiger partial charge in [0.25, 0.3) is 0 Å². The third-order valence-corrected chi connectivity index (χ3v) is 3.00. The molecule has 2 aromatic heterocycles. The van der Waals surface area contributed by atoms with E-state index in [0.29, 0.717) is 5.82 Å². The molecule has 0 saturated carbocycles. The van der Waals surface area contributed by atoms with Gasteiger partial charge in [0.2, 0.25) is 0 Å². The van der Waals surface area contributed by atoms with E-state index < -0.39 is 0 Å². The summed E-state index contributed by atoms with van der Waals surface area (Å²) in [5, 5.41) is 1.69. The molecule has 0 saturated heterocycles. The Bertz CT molecular complexity index is 671. The smallest absolute Gasteiger partial charge is 0.132 e. The molecule has 2 heterocycles. The molecule has 3 aromatic rings. The fourth-order valence-electron chi connectivity index (χ4n) is 1.92. The van der Waals surface area contributed by atoms with Crippen molar-refractivity contribution < 1.29 is 0 Å². The third-order valence-electron chi connectivity index (χ3n) is 2.75. The van der Waals surface area contributed by atoms with Crippen LogP contribution in [0.15, 0.2) is 48.8 Å². The second-order valence-corrected chi connectivity index (χ2v) is 4.23. The fraction of sp³-hybridized carbons (Fsp3) is 0. The molecule has 0 spiro atoms. The molecule has 0 unspecified atom stereocenters. The minimum atomic E-state index is 0.551. The summed E-state index contributed by atoms with van der Waals surface area (Å²) in [4.78, 5) is 4.07. The molecule has 3 nitrogen and oxygen atoms in total. The minimum absolute atomic E-state index is 0.551. The van der Waals surface area contributed by atoms with E-state index in [-0.39, 0.29) is 0 Å². The number of aromatic nitrogens is 2. The first-order chi connectivity index (χ1) is 8.25. The van der Waals surface area contributed by atoms with Crippen LogP contribution in [0.3, 0.4) is 0 Å². The number of rotatable bonds is 1. The lowest BCUT2D eigenvalue weighted by Gasteiger charge is -2.05. The van der Waals surface area contributed by atoms with Crippen molar-refractivity contribution in [3.8, 4) is 5.69 Å². The molecular formula is C13H10ClN3. The van der Waals surface area contributed by atoms with Crippen molar-refractivity contribution in [3.05, 3.63) is 53.8 Å². The van der Waals surface area contributed by atoms with E-state index in [4.69, 9.17) is 17.3 Å². The highest BCUT2D eigenvalue weighted by molar-refractivity contribution is 6.30. The topological polar surface area (TPSA) is 43.8 Å². The summed E-state index contributed by atoms with van der Waals surface area (Å²) in [5.41, 5.74) is 7.92. The number of hydrogen-bond acceptors (Lipinski definition) is 2. The Balaban J connectivity index is 2.24.